The van der Waals surface area contributed by atoms with Gasteiger partial charge in [-0.05, 0) is 49.6 Å². The summed E-state index contributed by atoms with van der Waals surface area (Å²) in [6, 6.07) is 15.0. The Kier molecular flexibility index (Phi) is 6.09. The van der Waals surface area contributed by atoms with E-state index >= 15 is 0 Å². The van der Waals surface area contributed by atoms with Gasteiger partial charge in [0, 0.05) is 11.5 Å². The standard InChI is InChI=1S/C24H24O4/c1-3-28-24(27)23-18(11-10-17-7-5-4-6-8-17)14-19(15-22(23)26)20-13-16(2)9-12-21(20)25/h4-13,15,18,23,25H,3,14H2,1-2H3/b11-10+. The van der Waals surface area contributed by atoms with Gasteiger partial charge in [-0.3, -0.25) is 9.59 Å². The molecular formula is C24H24O4. The predicted octanol–water partition coefficient (Wildman–Crippen LogP) is 4.57. The number of ether oxygens (including phenoxy) is 1. The van der Waals surface area contributed by atoms with Crippen molar-refractivity contribution in [3.63, 3.8) is 0 Å². The third-order valence-corrected chi connectivity index (χ3v) is 4.88. The molecule has 2 aromatic carbocycles. The molecule has 0 amide bonds. The fourth-order valence-electron chi connectivity index (χ4n) is 3.50. The molecule has 0 saturated heterocycles. The Bertz CT molecular complexity index is 925. The van der Waals surface area contributed by atoms with Gasteiger partial charge in [0.1, 0.15) is 11.7 Å². The highest BCUT2D eigenvalue weighted by Crippen LogP contribution is 2.38. The van der Waals surface area contributed by atoms with Gasteiger partial charge in [-0.15, -0.1) is 0 Å². The Morgan fingerprint density at radius 2 is 1.96 bits per heavy atom. The number of rotatable bonds is 5. The number of carbonyl (C=O) groups is 2. The van der Waals surface area contributed by atoms with Crippen molar-refractivity contribution >= 4 is 23.4 Å². The lowest BCUT2D eigenvalue weighted by molar-refractivity contribution is -0.152. The molecule has 0 radical (unpaired) electrons. The van der Waals surface area contributed by atoms with E-state index in [1.54, 1.807) is 13.0 Å². The Morgan fingerprint density at radius 3 is 2.68 bits per heavy atom. The van der Waals surface area contributed by atoms with Crippen LogP contribution in [0.1, 0.15) is 30.0 Å². The van der Waals surface area contributed by atoms with Crippen LogP contribution in [-0.2, 0) is 14.3 Å². The fourth-order valence-corrected chi connectivity index (χ4v) is 3.50. The lowest BCUT2D eigenvalue weighted by Crippen LogP contribution is -2.34. The first-order valence-electron chi connectivity index (χ1n) is 9.44. The maximum absolute atomic E-state index is 12.8. The zero-order chi connectivity index (χ0) is 20.1. The Hall–Kier alpha value is -3.14. The van der Waals surface area contributed by atoms with E-state index in [-0.39, 0.29) is 24.1 Å². The lowest BCUT2D eigenvalue weighted by Gasteiger charge is -2.27. The minimum atomic E-state index is -0.865. The normalized spacial score (nSPS) is 19.5. The molecule has 144 valence electrons. The minimum absolute atomic E-state index is 0.130. The number of allylic oxidation sites excluding steroid dienone is 3. The molecule has 0 heterocycles. The molecule has 1 N–H and O–H groups in total. The summed E-state index contributed by atoms with van der Waals surface area (Å²) in [5.41, 5.74) is 3.35. The third kappa shape index (κ3) is 4.39. The number of esters is 1. The molecule has 0 fully saturated rings. The van der Waals surface area contributed by atoms with Crippen LogP contribution in [0.3, 0.4) is 0 Å². The van der Waals surface area contributed by atoms with E-state index in [4.69, 9.17) is 4.74 Å². The molecule has 2 aromatic rings. The van der Waals surface area contributed by atoms with E-state index in [0.29, 0.717) is 12.0 Å². The predicted molar refractivity (Wildman–Crippen MR) is 110 cm³/mol. The van der Waals surface area contributed by atoms with Crippen LogP contribution in [0.15, 0.2) is 60.7 Å². The first-order valence-corrected chi connectivity index (χ1v) is 9.44. The van der Waals surface area contributed by atoms with Crippen LogP contribution in [0.5, 0.6) is 5.75 Å². The van der Waals surface area contributed by atoms with Crippen molar-refractivity contribution in [2.45, 2.75) is 20.3 Å². The highest BCUT2D eigenvalue weighted by atomic mass is 16.5. The van der Waals surface area contributed by atoms with Crippen LogP contribution >= 0.6 is 0 Å². The van der Waals surface area contributed by atoms with Gasteiger partial charge in [0.25, 0.3) is 0 Å². The maximum atomic E-state index is 12.8. The Morgan fingerprint density at radius 1 is 1.21 bits per heavy atom. The fraction of sp³-hybridized carbons (Fsp3) is 0.250. The van der Waals surface area contributed by atoms with Crippen LogP contribution < -0.4 is 0 Å². The van der Waals surface area contributed by atoms with Crippen LogP contribution in [0.4, 0.5) is 0 Å². The van der Waals surface area contributed by atoms with E-state index in [2.05, 4.69) is 0 Å². The molecule has 4 heteroatoms. The quantitative estimate of drug-likeness (QED) is 0.613. The molecule has 0 aliphatic heterocycles. The molecule has 0 bridgehead atoms. The second kappa shape index (κ2) is 8.70. The van der Waals surface area contributed by atoms with Crippen molar-refractivity contribution in [3.8, 4) is 5.75 Å². The minimum Gasteiger partial charge on any atom is -0.507 e. The summed E-state index contributed by atoms with van der Waals surface area (Å²) in [5.74, 6) is -1.87. The summed E-state index contributed by atoms with van der Waals surface area (Å²) < 4.78 is 5.15. The van der Waals surface area contributed by atoms with Crippen LogP contribution in [0.25, 0.3) is 11.6 Å². The van der Waals surface area contributed by atoms with Gasteiger partial charge in [-0.1, -0.05) is 54.1 Å². The van der Waals surface area contributed by atoms with Gasteiger partial charge in [-0.2, -0.15) is 0 Å². The number of hydrogen-bond acceptors (Lipinski definition) is 4. The topological polar surface area (TPSA) is 63.6 Å². The van der Waals surface area contributed by atoms with Gasteiger partial charge in [0.05, 0.1) is 6.61 Å². The van der Waals surface area contributed by atoms with Gasteiger partial charge in [0.2, 0.25) is 0 Å². The number of ketones is 1. The number of benzene rings is 2. The zero-order valence-corrected chi connectivity index (χ0v) is 16.1. The summed E-state index contributed by atoms with van der Waals surface area (Å²) in [6.45, 7) is 3.89. The molecule has 4 nitrogen and oxygen atoms in total. The van der Waals surface area contributed by atoms with Crippen molar-refractivity contribution in [3.05, 3.63) is 77.4 Å². The highest BCUT2D eigenvalue weighted by molar-refractivity contribution is 6.10. The molecule has 1 aliphatic carbocycles. The summed E-state index contributed by atoms with van der Waals surface area (Å²) in [5, 5.41) is 10.3. The van der Waals surface area contributed by atoms with E-state index in [1.807, 2.05) is 61.5 Å². The number of aryl methyl sites for hydroxylation is 1. The summed E-state index contributed by atoms with van der Waals surface area (Å²) in [6.07, 6.45) is 5.76. The molecule has 1 aliphatic rings. The second-order valence-corrected chi connectivity index (χ2v) is 6.96. The molecule has 0 spiro atoms. The van der Waals surface area contributed by atoms with Gasteiger partial charge in [-0.25, -0.2) is 0 Å². The zero-order valence-electron chi connectivity index (χ0n) is 16.1. The Balaban J connectivity index is 1.97. The largest absolute Gasteiger partial charge is 0.507 e. The summed E-state index contributed by atoms with van der Waals surface area (Å²) >= 11 is 0. The van der Waals surface area contributed by atoms with E-state index in [1.165, 1.54) is 6.08 Å². The van der Waals surface area contributed by atoms with E-state index in [9.17, 15) is 14.7 Å². The first kappa shape index (κ1) is 19.6. The molecule has 2 atom stereocenters. The van der Waals surface area contributed by atoms with Gasteiger partial charge < -0.3 is 9.84 Å². The molecule has 28 heavy (non-hydrogen) atoms. The van der Waals surface area contributed by atoms with Gasteiger partial charge in [0.15, 0.2) is 5.78 Å². The van der Waals surface area contributed by atoms with Crippen LogP contribution in [0, 0.1) is 18.8 Å². The summed E-state index contributed by atoms with van der Waals surface area (Å²) in [4.78, 5) is 25.3. The van der Waals surface area contributed by atoms with E-state index in [0.717, 1.165) is 16.7 Å². The SMILES string of the molecule is CCOC(=O)C1C(=O)C=C(c2cc(C)ccc2O)CC1/C=C/c1ccccc1. The second-order valence-electron chi connectivity index (χ2n) is 6.96. The summed E-state index contributed by atoms with van der Waals surface area (Å²) in [7, 11) is 0. The number of aromatic hydroxyl groups is 1. The maximum Gasteiger partial charge on any atom is 0.317 e. The average Bonchev–Trinajstić information content (AvgIpc) is 2.68. The number of phenolic OH excluding ortho intramolecular Hbond substituents is 1. The monoisotopic (exact) mass is 376 g/mol. The number of hydrogen-bond donors (Lipinski definition) is 1. The lowest BCUT2D eigenvalue weighted by atomic mass is 9.76. The number of phenols is 1. The molecular weight excluding hydrogens is 352 g/mol. The third-order valence-electron chi connectivity index (χ3n) is 4.88. The van der Waals surface area contributed by atoms with Crippen molar-refractivity contribution in [1.29, 1.82) is 0 Å². The average molecular weight is 376 g/mol. The first-order chi connectivity index (χ1) is 13.5. The number of carbonyl (C=O) groups excluding carboxylic acids is 2. The van der Waals surface area contributed by atoms with Crippen LogP contribution in [0.2, 0.25) is 0 Å². The van der Waals surface area contributed by atoms with Gasteiger partial charge >= 0.3 is 5.97 Å². The van der Waals surface area contributed by atoms with Crippen molar-refractivity contribution in [2.75, 3.05) is 6.61 Å². The molecule has 2 unspecified atom stereocenters. The highest BCUT2D eigenvalue weighted by Gasteiger charge is 2.38. The van der Waals surface area contributed by atoms with Crippen molar-refractivity contribution in [1.82, 2.24) is 0 Å². The van der Waals surface area contributed by atoms with Crippen LogP contribution in [-0.4, -0.2) is 23.5 Å². The van der Waals surface area contributed by atoms with Crippen molar-refractivity contribution < 1.29 is 19.4 Å². The van der Waals surface area contributed by atoms with Crippen molar-refractivity contribution in [2.24, 2.45) is 11.8 Å². The molecule has 0 aromatic heterocycles. The molecule has 0 saturated carbocycles. The molecule has 3 rings (SSSR count). The smallest absolute Gasteiger partial charge is 0.317 e. The van der Waals surface area contributed by atoms with E-state index < -0.39 is 11.9 Å². The Labute approximate surface area is 165 Å².